The molecule has 37 heavy (non-hydrogen) atoms. The highest BCUT2D eigenvalue weighted by Gasteiger charge is 2.27. The summed E-state index contributed by atoms with van der Waals surface area (Å²) in [6.07, 6.45) is 5.61. The van der Waals surface area contributed by atoms with Crippen LogP contribution in [-0.4, -0.2) is 57.1 Å². The lowest BCUT2D eigenvalue weighted by molar-refractivity contribution is -0.114. The predicted molar refractivity (Wildman–Crippen MR) is 149 cm³/mol. The molecule has 188 valence electrons. The smallest absolute Gasteiger partial charge is 0.260 e. The minimum atomic E-state index is -0.421. The van der Waals surface area contributed by atoms with E-state index in [0.29, 0.717) is 16.7 Å². The summed E-state index contributed by atoms with van der Waals surface area (Å²) in [4.78, 5) is 29.9. The number of carbonyl (C=O) groups is 2. The van der Waals surface area contributed by atoms with Crippen LogP contribution in [0.5, 0.6) is 5.75 Å². The van der Waals surface area contributed by atoms with Crippen molar-refractivity contribution in [2.45, 2.75) is 0 Å². The van der Waals surface area contributed by atoms with Gasteiger partial charge in [0.15, 0.2) is 0 Å². The zero-order chi connectivity index (χ0) is 25.8. The molecule has 1 fully saturated rings. The second-order valence-electron chi connectivity index (χ2n) is 9.23. The number of amides is 2. The van der Waals surface area contributed by atoms with E-state index in [1.165, 1.54) is 5.69 Å². The molecule has 7 nitrogen and oxygen atoms in total. The molecule has 2 heterocycles. The van der Waals surface area contributed by atoms with Crippen LogP contribution in [0, 0.1) is 0 Å². The molecule has 7 heteroatoms. The van der Waals surface area contributed by atoms with Crippen molar-refractivity contribution in [3.05, 3.63) is 95.2 Å². The highest BCUT2D eigenvalue weighted by Crippen LogP contribution is 2.27. The maximum atomic E-state index is 12.7. The average molecular weight is 495 g/mol. The number of piperazine rings is 1. The van der Waals surface area contributed by atoms with Crippen LogP contribution in [0.4, 0.5) is 11.4 Å². The Bertz CT molecular complexity index is 1350. The fourth-order valence-corrected chi connectivity index (χ4v) is 4.49. The van der Waals surface area contributed by atoms with E-state index in [9.17, 15) is 9.59 Å². The molecule has 2 aliphatic heterocycles. The van der Waals surface area contributed by atoms with Crippen molar-refractivity contribution in [1.29, 1.82) is 0 Å². The normalized spacial score (nSPS) is 17.1. The van der Waals surface area contributed by atoms with Crippen molar-refractivity contribution in [2.24, 2.45) is 0 Å². The molecule has 0 bridgehead atoms. The van der Waals surface area contributed by atoms with E-state index in [1.54, 1.807) is 19.4 Å². The van der Waals surface area contributed by atoms with Crippen molar-refractivity contribution >= 4 is 40.9 Å². The van der Waals surface area contributed by atoms with Crippen LogP contribution < -0.4 is 20.3 Å². The molecule has 2 aliphatic rings. The minimum absolute atomic E-state index is 0.389. The zero-order valence-electron chi connectivity index (χ0n) is 21.0. The van der Waals surface area contributed by atoms with Gasteiger partial charge in [0.05, 0.1) is 12.7 Å². The van der Waals surface area contributed by atoms with Gasteiger partial charge in [-0.25, -0.2) is 0 Å². The van der Waals surface area contributed by atoms with Crippen molar-refractivity contribution in [3.8, 4) is 5.75 Å². The van der Waals surface area contributed by atoms with E-state index >= 15 is 0 Å². The van der Waals surface area contributed by atoms with E-state index in [0.717, 1.165) is 48.7 Å². The number of methoxy groups -OCH3 is 1. The molecule has 0 unspecified atom stereocenters. The molecule has 0 saturated carbocycles. The maximum Gasteiger partial charge on any atom is 0.260 e. The Labute approximate surface area is 217 Å². The third-order valence-electron chi connectivity index (χ3n) is 6.75. The van der Waals surface area contributed by atoms with Gasteiger partial charge < -0.3 is 19.9 Å². The van der Waals surface area contributed by atoms with E-state index in [2.05, 4.69) is 39.6 Å². The Hall–Kier alpha value is -4.36. The van der Waals surface area contributed by atoms with Gasteiger partial charge in [-0.05, 0) is 66.7 Å². The average Bonchev–Trinajstić information content (AvgIpc) is 2.93. The molecule has 1 saturated heterocycles. The first-order chi connectivity index (χ1) is 18.0. The van der Waals surface area contributed by atoms with Crippen molar-refractivity contribution in [3.63, 3.8) is 0 Å². The molecule has 0 spiro atoms. The Kier molecular flexibility index (Phi) is 7.05. The van der Waals surface area contributed by atoms with Crippen LogP contribution in [0.25, 0.3) is 17.7 Å². The highest BCUT2D eigenvalue weighted by atomic mass is 16.5. The summed E-state index contributed by atoms with van der Waals surface area (Å²) < 4.78 is 5.21. The summed E-state index contributed by atoms with van der Waals surface area (Å²) in [6.45, 7) is 4.12. The van der Waals surface area contributed by atoms with E-state index in [4.69, 9.17) is 4.74 Å². The number of ether oxygens (including phenoxy) is 1. The minimum Gasteiger partial charge on any atom is -0.497 e. The van der Waals surface area contributed by atoms with Crippen molar-refractivity contribution < 1.29 is 14.3 Å². The molecule has 2 N–H and O–H groups in total. The molecule has 0 atom stereocenters. The largest absolute Gasteiger partial charge is 0.497 e. The predicted octanol–water partition coefficient (Wildman–Crippen LogP) is 4.34. The third-order valence-corrected chi connectivity index (χ3v) is 6.75. The third kappa shape index (κ3) is 5.57. The number of rotatable bonds is 6. The number of fused-ring (bicyclic) bond motifs is 1. The van der Waals surface area contributed by atoms with Gasteiger partial charge >= 0.3 is 0 Å². The standard InChI is InChI=1S/C30H30N4O3/c1-33-15-17-34(18-16-33)24-10-8-23(9-11-24)31-20-28-27-19-22(7-14-26(27)29(35)32-30(28)36)4-3-21-5-12-25(37-2)13-6-21/h3-14,19-20,31H,15-18H2,1-2H3,(H,32,35,36)/b4-3+,28-20-. The summed E-state index contributed by atoms with van der Waals surface area (Å²) >= 11 is 0. The number of anilines is 2. The maximum absolute atomic E-state index is 12.7. The molecule has 0 radical (unpaired) electrons. The van der Waals surface area contributed by atoms with Crippen LogP contribution in [0.2, 0.25) is 0 Å². The van der Waals surface area contributed by atoms with E-state index in [1.807, 2.05) is 60.7 Å². The monoisotopic (exact) mass is 494 g/mol. The summed E-state index contributed by atoms with van der Waals surface area (Å²) in [7, 11) is 3.78. The Morgan fingerprint density at radius 3 is 2.19 bits per heavy atom. The number of nitrogens with zero attached hydrogens (tertiary/aromatic N) is 2. The number of carbonyl (C=O) groups excluding carboxylic acids is 2. The fourth-order valence-electron chi connectivity index (χ4n) is 4.49. The van der Waals surface area contributed by atoms with Gasteiger partial charge in [-0.1, -0.05) is 30.4 Å². The first-order valence-electron chi connectivity index (χ1n) is 12.3. The van der Waals surface area contributed by atoms with Crippen molar-refractivity contribution in [1.82, 2.24) is 10.2 Å². The van der Waals surface area contributed by atoms with Gasteiger partial charge in [-0.2, -0.15) is 0 Å². The van der Waals surface area contributed by atoms with Crippen LogP contribution in [0.1, 0.15) is 27.0 Å². The quantitative estimate of drug-likeness (QED) is 0.302. The zero-order valence-corrected chi connectivity index (χ0v) is 21.0. The van der Waals surface area contributed by atoms with Gasteiger partial charge in [-0.3, -0.25) is 14.9 Å². The number of nitrogens with one attached hydrogen (secondary N) is 2. The van der Waals surface area contributed by atoms with Gasteiger partial charge in [0.1, 0.15) is 5.75 Å². The van der Waals surface area contributed by atoms with Gasteiger partial charge in [0, 0.05) is 54.9 Å². The van der Waals surface area contributed by atoms with Gasteiger partial charge in [-0.15, -0.1) is 0 Å². The first kappa shape index (κ1) is 24.3. The lowest BCUT2D eigenvalue weighted by atomic mass is 9.93. The summed E-state index contributed by atoms with van der Waals surface area (Å²) in [5, 5.41) is 5.67. The summed E-state index contributed by atoms with van der Waals surface area (Å²) in [5.74, 6) is -0.0126. The Morgan fingerprint density at radius 2 is 1.49 bits per heavy atom. The van der Waals surface area contributed by atoms with E-state index in [-0.39, 0.29) is 5.91 Å². The van der Waals surface area contributed by atoms with Crippen LogP contribution in [-0.2, 0) is 4.79 Å². The number of likely N-dealkylation sites (N-methyl/N-ethyl adjacent to an activating group) is 1. The molecule has 2 amide bonds. The topological polar surface area (TPSA) is 73.9 Å². The fraction of sp³-hybridized carbons (Fsp3) is 0.200. The second kappa shape index (κ2) is 10.7. The lowest BCUT2D eigenvalue weighted by Gasteiger charge is -2.34. The number of benzene rings is 3. The van der Waals surface area contributed by atoms with E-state index < -0.39 is 5.91 Å². The second-order valence-corrected chi connectivity index (χ2v) is 9.23. The van der Waals surface area contributed by atoms with Crippen LogP contribution in [0.3, 0.4) is 0 Å². The summed E-state index contributed by atoms with van der Waals surface area (Å²) in [6, 6.07) is 21.4. The number of imide groups is 1. The van der Waals surface area contributed by atoms with Crippen LogP contribution >= 0.6 is 0 Å². The molecule has 3 aromatic rings. The first-order valence-corrected chi connectivity index (χ1v) is 12.3. The molecule has 3 aromatic carbocycles. The molecule has 5 rings (SSSR count). The SMILES string of the molecule is COc1ccc(/C=C/c2ccc3c(c2)/C(=C/Nc2ccc(N4CCN(C)CC4)cc2)C(=O)NC3=O)cc1. The highest BCUT2D eigenvalue weighted by molar-refractivity contribution is 6.31. The van der Waals surface area contributed by atoms with Gasteiger partial charge in [0.25, 0.3) is 11.8 Å². The Morgan fingerprint density at radius 1 is 0.811 bits per heavy atom. The molecule has 0 aliphatic carbocycles. The van der Waals surface area contributed by atoms with Crippen LogP contribution in [0.15, 0.2) is 72.9 Å². The molecule has 0 aromatic heterocycles. The summed E-state index contributed by atoms with van der Waals surface area (Å²) in [5.41, 5.74) is 5.45. The molecular formula is C30H30N4O3. The molecular weight excluding hydrogens is 464 g/mol. The lowest BCUT2D eigenvalue weighted by Crippen LogP contribution is -2.44. The number of hydrogen-bond acceptors (Lipinski definition) is 6. The van der Waals surface area contributed by atoms with Gasteiger partial charge in [0.2, 0.25) is 0 Å². The Balaban J connectivity index is 1.35. The number of hydrogen-bond donors (Lipinski definition) is 2. The van der Waals surface area contributed by atoms with Crippen molar-refractivity contribution in [2.75, 3.05) is 50.6 Å².